The summed E-state index contributed by atoms with van der Waals surface area (Å²) in [5.41, 5.74) is 3.05. The zero-order chi connectivity index (χ0) is 26.9. The number of hydrogen-bond acceptors (Lipinski definition) is 8. The number of hydrogen-bond donors (Lipinski definition) is 1. The molecule has 10 heteroatoms. The number of carbonyl (C=O) groups excluding carboxylic acids is 1. The summed E-state index contributed by atoms with van der Waals surface area (Å²) >= 11 is 0. The number of esters is 1. The van der Waals surface area contributed by atoms with Crippen LogP contribution in [0, 0.1) is 0 Å². The molecule has 1 N–H and O–H groups in total. The van der Waals surface area contributed by atoms with Gasteiger partial charge in [-0.15, -0.1) is 0 Å². The monoisotopic (exact) mass is 529 g/mol. The summed E-state index contributed by atoms with van der Waals surface area (Å²) in [5.74, 6) is 1.09. The van der Waals surface area contributed by atoms with Crippen LogP contribution >= 0.6 is 0 Å². The molecule has 0 radical (unpaired) electrons. The predicted molar refractivity (Wildman–Crippen MR) is 145 cm³/mol. The van der Waals surface area contributed by atoms with Gasteiger partial charge in [-0.1, -0.05) is 24.3 Å². The van der Waals surface area contributed by atoms with Gasteiger partial charge in [-0.2, -0.15) is 5.10 Å². The first-order valence-electron chi connectivity index (χ1n) is 13.2. The van der Waals surface area contributed by atoms with Crippen molar-refractivity contribution < 1.29 is 19.0 Å². The van der Waals surface area contributed by atoms with Crippen molar-refractivity contribution in [3.63, 3.8) is 0 Å². The molecule has 4 aromatic rings. The Morgan fingerprint density at radius 1 is 1.05 bits per heavy atom. The van der Waals surface area contributed by atoms with Crippen LogP contribution in [0.25, 0.3) is 22.2 Å². The summed E-state index contributed by atoms with van der Waals surface area (Å²) in [6.07, 6.45) is 3.40. The Bertz CT molecular complexity index is 1520. The highest BCUT2D eigenvalue weighted by atomic mass is 16.5. The molecular weight excluding hydrogens is 498 g/mol. The Morgan fingerprint density at radius 3 is 2.38 bits per heavy atom. The number of H-pyrrole nitrogens is 1. The molecule has 0 aliphatic carbocycles. The van der Waals surface area contributed by atoms with E-state index in [1.165, 1.54) is 7.11 Å². The maximum absolute atomic E-state index is 12.8. The molecule has 6 rings (SSSR count). The Morgan fingerprint density at radius 2 is 1.72 bits per heavy atom. The maximum atomic E-state index is 12.8. The van der Waals surface area contributed by atoms with Gasteiger partial charge in [0.2, 0.25) is 0 Å². The van der Waals surface area contributed by atoms with E-state index in [1.54, 1.807) is 18.3 Å². The van der Waals surface area contributed by atoms with Crippen molar-refractivity contribution in [3.8, 4) is 16.9 Å². The lowest BCUT2D eigenvalue weighted by Crippen LogP contribution is -2.54. The number of aromatic amines is 1. The minimum Gasteiger partial charge on any atom is -0.488 e. The number of aromatic nitrogens is 4. The van der Waals surface area contributed by atoms with Crippen LogP contribution in [0.2, 0.25) is 0 Å². The van der Waals surface area contributed by atoms with Crippen molar-refractivity contribution in [3.05, 3.63) is 76.5 Å². The molecule has 0 amide bonds. The van der Waals surface area contributed by atoms with Crippen molar-refractivity contribution in [2.24, 2.45) is 0 Å². The van der Waals surface area contributed by atoms with E-state index in [9.17, 15) is 9.59 Å². The summed E-state index contributed by atoms with van der Waals surface area (Å²) in [6, 6.07) is 15.4. The topological polar surface area (TPSA) is 112 Å². The van der Waals surface area contributed by atoms with Crippen LogP contribution in [-0.4, -0.2) is 70.1 Å². The number of nitrogens with zero attached hydrogens (tertiary/aromatic N) is 4. The molecule has 10 nitrogen and oxygen atoms in total. The standard InChI is InChI=1S/C29H31N5O5/c1-18(26-31-27-25(28(35)32-26)15-30-34(27)22-11-13-38-14-12-22)33-16-24(17-33)39-23-9-7-20(8-10-23)19-3-5-21(6-4-19)29(36)37-2/h3-10,15,18,22,24H,11-14,16-17H2,1-2H3,(H,31,32,35). The molecule has 1 unspecified atom stereocenters. The number of likely N-dealkylation sites (tertiary alicyclic amines) is 1. The maximum Gasteiger partial charge on any atom is 0.337 e. The largest absolute Gasteiger partial charge is 0.488 e. The van der Waals surface area contributed by atoms with Gasteiger partial charge in [-0.05, 0) is 55.2 Å². The highest BCUT2D eigenvalue weighted by molar-refractivity contribution is 5.90. The van der Waals surface area contributed by atoms with Crippen LogP contribution in [0.15, 0.2) is 59.5 Å². The summed E-state index contributed by atoms with van der Waals surface area (Å²) in [4.78, 5) is 34.5. The van der Waals surface area contributed by atoms with Gasteiger partial charge in [0.05, 0.1) is 31.0 Å². The fraction of sp³-hybridized carbons (Fsp3) is 0.379. The SMILES string of the molecule is COC(=O)c1ccc(-c2ccc(OC3CN(C(C)c4nc5c(cnn5C5CCOCC5)c(=O)[nH]4)C3)cc2)cc1. The number of benzene rings is 2. The van der Waals surface area contributed by atoms with E-state index in [0.29, 0.717) is 35.6 Å². The highest BCUT2D eigenvalue weighted by Gasteiger charge is 2.34. The lowest BCUT2D eigenvalue weighted by molar-refractivity contribution is -0.00735. The fourth-order valence-electron chi connectivity index (χ4n) is 5.22. The number of carbonyl (C=O) groups is 1. The molecule has 0 bridgehead atoms. The summed E-state index contributed by atoms with van der Waals surface area (Å²) in [5, 5.41) is 5.00. The Balaban J connectivity index is 1.08. The van der Waals surface area contributed by atoms with Crippen molar-refractivity contribution >= 4 is 17.0 Å². The lowest BCUT2D eigenvalue weighted by atomic mass is 10.0. The molecule has 2 aliphatic rings. The van der Waals surface area contributed by atoms with Crippen LogP contribution in [0.3, 0.4) is 0 Å². The normalized spacial score (nSPS) is 17.6. The Hall–Kier alpha value is -4.02. The molecule has 202 valence electrons. The number of rotatable bonds is 7. The summed E-state index contributed by atoms with van der Waals surface area (Å²) in [7, 11) is 1.37. The average molecular weight is 530 g/mol. The number of nitrogens with one attached hydrogen (secondary N) is 1. The molecule has 1 atom stereocenters. The zero-order valence-corrected chi connectivity index (χ0v) is 22.0. The van der Waals surface area contributed by atoms with Crippen LogP contribution in [0.4, 0.5) is 0 Å². The van der Waals surface area contributed by atoms with E-state index < -0.39 is 0 Å². The first-order valence-corrected chi connectivity index (χ1v) is 13.2. The van der Waals surface area contributed by atoms with Gasteiger partial charge in [0.25, 0.3) is 5.56 Å². The van der Waals surface area contributed by atoms with E-state index in [0.717, 1.165) is 42.8 Å². The third kappa shape index (κ3) is 5.05. The predicted octanol–water partition coefficient (Wildman–Crippen LogP) is 3.75. The van der Waals surface area contributed by atoms with Crippen LogP contribution in [0.5, 0.6) is 5.75 Å². The lowest BCUT2D eigenvalue weighted by Gasteiger charge is -2.42. The number of methoxy groups -OCH3 is 1. The molecule has 0 saturated carbocycles. The average Bonchev–Trinajstić information content (AvgIpc) is 3.39. The summed E-state index contributed by atoms with van der Waals surface area (Å²) < 4.78 is 18.3. The van der Waals surface area contributed by atoms with Gasteiger partial charge in [-0.25, -0.2) is 14.5 Å². The van der Waals surface area contributed by atoms with Gasteiger partial charge in [0, 0.05) is 26.3 Å². The third-order valence-electron chi connectivity index (χ3n) is 7.63. The van der Waals surface area contributed by atoms with E-state index >= 15 is 0 Å². The second kappa shape index (κ2) is 10.6. The van der Waals surface area contributed by atoms with Crippen molar-refractivity contribution in [1.29, 1.82) is 0 Å². The molecule has 2 fully saturated rings. The fourth-order valence-corrected chi connectivity index (χ4v) is 5.22. The van der Waals surface area contributed by atoms with E-state index in [-0.39, 0.29) is 29.7 Å². The van der Waals surface area contributed by atoms with Crippen LogP contribution < -0.4 is 10.3 Å². The molecule has 0 spiro atoms. The number of ether oxygens (including phenoxy) is 3. The second-order valence-corrected chi connectivity index (χ2v) is 10.1. The highest BCUT2D eigenvalue weighted by Crippen LogP contribution is 2.29. The molecule has 4 heterocycles. The third-order valence-corrected chi connectivity index (χ3v) is 7.63. The summed E-state index contributed by atoms with van der Waals surface area (Å²) in [6.45, 7) is 4.91. The first kappa shape index (κ1) is 25.3. The Kier molecular flexibility index (Phi) is 6.88. The molecule has 2 aliphatic heterocycles. The van der Waals surface area contributed by atoms with Crippen LogP contribution in [-0.2, 0) is 9.47 Å². The quantitative estimate of drug-likeness (QED) is 0.361. The van der Waals surface area contributed by atoms with E-state index in [1.807, 2.05) is 41.1 Å². The Labute approximate surface area is 225 Å². The van der Waals surface area contributed by atoms with Gasteiger partial charge in [0.15, 0.2) is 5.65 Å². The van der Waals surface area contributed by atoms with Gasteiger partial charge in [-0.3, -0.25) is 9.69 Å². The minimum atomic E-state index is -0.349. The molecule has 2 aromatic heterocycles. The number of fused-ring (bicyclic) bond motifs is 1. The molecular formula is C29H31N5O5. The smallest absolute Gasteiger partial charge is 0.337 e. The van der Waals surface area contributed by atoms with Gasteiger partial charge in [0.1, 0.15) is 23.1 Å². The minimum absolute atomic E-state index is 0.0564. The van der Waals surface area contributed by atoms with Crippen LogP contribution in [0.1, 0.15) is 48.0 Å². The first-order chi connectivity index (χ1) is 19.0. The molecule has 2 aromatic carbocycles. The van der Waals surface area contributed by atoms with Crippen molar-refractivity contribution in [2.75, 3.05) is 33.4 Å². The molecule has 2 saturated heterocycles. The van der Waals surface area contributed by atoms with E-state index in [2.05, 4.69) is 21.9 Å². The van der Waals surface area contributed by atoms with Gasteiger partial charge >= 0.3 is 5.97 Å². The second-order valence-electron chi connectivity index (χ2n) is 10.1. The zero-order valence-electron chi connectivity index (χ0n) is 22.0. The van der Waals surface area contributed by atoms with Gasteiger partial charge < -0.3 is 19.2 Å². The van der Waals surface area contributed by atoms with E-state index in [4.69, 9.17) is 19.2 Å². The van der Waals surface area contributed by atoms with Crippen molar-refractivity contribution in [2.45, 2.75) is 38.0 Å². The van der Waals surface area contributed by atoms with Crippen molar-refractivity contribution in [1.82, 2.24) is 24.6 Å². The molecule has 39 heavy (non-hydrogen) atoms.